The van der Waals surface area contributed by atoms with Crippen molar-refractivity contribution in [2.24, 2.45) is 0 Å². The third-order valence-corrected chi connectivity index (χ3v) is 2.89. The van der Waals surface area contributed by atoms with Crippen LogP contribution in [-0.4, -0.2) is 42.1 Å². The summed E-state index contributed by atoms with van der Waals surface area (Å²) in [5.41, 5.74) is 7.17. The van der Waals surface area contributed by atoms with Crippen LogP contribution in [0.25, 0.3) is 0 Å². The fraction of sp³-hybridized carbons (Fsp3) is 0.571. The largest absolute Gasteiger partial charge is 0.384 e. The van der Waals surface area contributed by atoms with E-state index in [9.17, 15) is 4.79 Å². The van der Waals surface area contributed by atoms with Crippen molar-refractivity contribution in [1.29, 1.82) is 0 Å². The fourth-order valence-electron chi connectivity index (χ4n) is 1.82. The van der Waals surface area contributed by atoms with Gasteiger partial charge in [-0.3, -0.25) is 4.79 Å². The number of rotatable bonds is 7. The Hall–Kier alpha value is -1.62. The molecule has 0 spiro atoms. The number of nitrogens with two attached hydrogens (primary N) is 1. The molecule has 19 heavy (non-hydrogen) atoms. The molecule has 0 radical (unpaired) electrons. The van der Waals surface area contributed by atoms with Crippen LogP contribution in [0.5, 0.6) is 0 Å². The molecule has 0 unspecified atom stereocenters. The first-order valence-electron chi connectivity index (χ1n) is 6.75. The lowest BCUT2D eigenvalue weighted by atomic mass is 10.1. The summed E-state index contributed by atoms with van der Waals surface area (Å²) in [7, 11) is 0. The Balaban J connectivity index is 2.81. The zero-order chi connectivity index (χ0) is 14.3. The third-order valence-electron chi connectivity index (χ3n) is 2.89. The van der Waals surface area contributed by atoms with E-state index in [-0.39, 0.29) is 5.91 Å². The van der Waals surface area contributed by atoms with Crippen molar-refractivity contribution in [3.8, 4) is 0 Å². The minimum atomic E-state index is -0.0222. The van der Waals surface area contributed by atoms with Crippen LogP contribution in [0.1, 0.15) is 36.8 Å². The Morgan fingerprint density at radius 2 is 2.11 bits per heavy atom. The average molecular weight is 265 g/mol. The van der Waals surface area contributed by atoms with Crippen molar-refractivity contribution in [2.75, 3.05) is 32.0 Å². The summed E-state index contributed by atoms with van der Waals surface area (Å²) in [5, 5.41) is 0. The number of hydrogen-bond acceptors (Lipinski definition) is 4. The van der Waals surface area contributed by atoms with Gasteiger partial charge in [-0.2, -0.15) is 0 Å². The molecule has 1 aromatic rings. The number of hydrogen-bond donors (Lipinski definition) is 1. The molecule has 1 rings (SSSR count). The molecule has 1 aromatic heterocycles. The molecule has 0 bridgehead atoms. The molecular weight excluding hydrogens is 242 g/mol. The van der Waals surface area contributed by atoms with Crippen LogP contribution in [-0.2, 0) is 11.2 Å². The van der Waals surface area contributed by atoms with Crippen LogP contribution in [0.15, 0.2) is 12.1 Å². The lowest BCUT2D eigenvalue weighted by Crippen LogP contribution is -2.34. The van der Waals surface area contributed by atoms with E-state index in [2.05, 4.69) is 4.98 Å². The predicted molar refractivity (Wildman–Crippen MR) is 76.1 cm³/mol. The molecule has 0 aliphatic carbocycles. The molecule has 0 saturated heterocycles. The molecule has 0 saturated carbocycles. The van der Waals surface area contributed by atoms with Crippen LogP contribution >= 0.6 is 0 Å². The number of likely N-dealkylation sites (N-methyl/N-ethyl adjacent to an activating group) is 1. The topological polar surface area (TPSA) is 68.5 Å². The number of aryl methyl sites for hydroxylation is 1. The summed E-state index contributed by atoms with van der Waals surface area (Å²) in [6.45, 7) is 8.33. The van der Waals surface area contributed by atoms with Gasteiger partial charge in [0.2, 0.25) is 0 Å². The van der Waals surface area contributed by atoms with E-state index in [0.29, 0.717) is 37.7 Å². The van der Waals surface area contributed by atoms with Crippen molar-refractivity contribution >= 4 is 11.7 Å². The van der Waals surface area contributed by atoms with Gasteiger partial charge in [0, 0.05) is 31.0 Å². The monoisotopic (exact) mass is 265 g/mol. The average Bonchev–Trinajstić information content (AvgIpc) is 2.42. The van der Waals surface area contributed by atoms with Crippen molar-refractivity contribution in [3.05, 3.63) is 23.4 Å². The SMILES string of the molecule is CCOCCN(CC)C(=O)c1cc(N)nc(CC)c1. The molecule has 2 N–H and O–H groups in total. The second kappa shape index (κ2) is 7.74. The molecule has 0 aliphatic heterocycles. The van der Waals surface area contributed by atoms with Crippen molar-refractivity contribution in [2.45, 2.75) is 27.2 Å². The van der Waals surface area contributed by atoms with Gasteiger partial charge >= 0.3 is 0 Å². The third kappa shape index (κ3) is 4.52. The molecule has 0 aliphatic rings. The first kappa shape index (κ1) is 15.4. The van der Waals surface area contributed by atoms with Gasteiger partial charge in [-0.05, 0) is 32.4 Å². The summed E-state index contributed by atoms with van der Waals surface area (Å²) in [6.07, 6.45) is 0.760. The second-order valence-electron chi connectivity index (χ2n) is 4.21. The van der Waals surface area contributed by atoms with Gasteiger partial charge in [0.25, 0.3) is 5.91 Å². The normalized spacial score (nSPS) is 10.5. The van der Waals surface area contributed by atoms with Crippen LogP contribution in [0, 0.1) is 0 Å². The number of carbonyl (C=O) groups excluding carboxylic acids is 1. The Morgan fingerprint density at radius 3 is 2.68 bits per heavy atom. The highest BCUT2D eigenvalue weighted by Crippen LogP contribution is 2.11. The van der Waals surface area contributed by atoms with Gasteiger partial charge in [0.1, 0.15) is 5.82 Å². The van der Waals surface area contributed by atoms with Gasteiger partial charge in [0.15, 0.2) is 0 Å². The minimum Gasteiger partial charge on any atom is -0.384 e. The Labute approximate surface area is 114 Å². The number of nitrogens with zero attached hydrogens (tertiary/aromatic N) is 2. The van der Waals surface area contributed by atoms with Gasteiger partial charge in [-0.15, -0.1) is 0 Å². The maximum absolute atomic E-state index is 12.4. The number of pyridine rings is 1. The highest BCUT2D eigenvalue weighted by Gasteiger charge is 2.15. The van der Waals surface area contributed by atoms with Crippen molar-refractivity contribution in [1.82, 2.24) is 9.88 Å². The summed E-state index contributed by atoms with van der Waals surface area (Å²) in [6, 6.07) is 3.44. The molecule has 106 valence electrons. The molecule has 0 atom stereocenters. The molecular formula is C14H23N3O2. The molecule has 5 heteroatoms. The first-order chi connectivity index (χ1) is 9.12. The van der Waals surface area contributed by atoms with Gasteiger partial charge < -0.3 is 15.4 Å². The molecule has 0 fully saturated rings. The maximum Gasteiger partial charge on any atom is 0.254 e. The van der Waals surface area contributed by atoms with E-state index in [1.54, 1.807) is 11.0 Å². The van der Waals surface area contributed by atoms with E-state index in [1.807, 2.05) is 26.8 Å². The summed E-state index contributed by atoms with van der Waals surface area (Å²) in [5.74, 6) is 0.370. The second-order valence-corrected chi connectivity index (χ2v) is 4.21. The minimum absolute atomic E-state index is 0.0222. The van der Waals surface area contributed by atoms with Crippen LogP contribution in [0.3, 0.4) is 0 Å². The zero-order valence-electron chi connectivity index (χ0n) is 12.0. The fourth-order valence-corrected chi connectivity index (χ4v) is 1.82. The first-order valence-corrected chi connectivity index (χ1v) is 6.75. The van der Waals surface area contributed by atoms with E-state index in [0.717, 1.165) is 12.1 Å². The molecule has 5 nitrogen and oxygen atoms in total. The number of aromatic nitrogens is 1. The van der Waals surface area contributed by atoms with Gasteiger partial charge in [0.05, 0.1) is 6.61 Å². The summed E-state index contributed by atoms with van der Waals surface area (Å²) < 4.78 is 5.29. The lowest BCUT2D eigenvalue weighted by molar-refractivity contribution is 0.0669. The molecule has 1 heterocycles. The van der Waals surface area contributed by atoms with Crippen LogP contribution in [0.4, 0.5) is 5.82 Å². The summed E-state index contributed by atoms with van der Waals surface area (Å²) in [4.78, 5) is 18.3. The molecule has 1 amide bonds. The van der Waals surface area contributed by atoms with Crippen LogP contribution < -0.4 is 5.73 Å². The zero-order valence-corrected chi connectivity index (χ0v) is 12.0. The van der Waals surface area contributed by atoms with Crippen LogP contribution in [0.2, 0.25) is 0 Å². The Kier molecular flexibility index (Phi) is 6.29. The molecule has 0 aromatic carbocycles. The highest BCUT2D eigenvalue weighted by atomic mass is 16.5. The highest BCUT2D eigenvalue weighted by molar-refractivity contribution is 5.95. The quantitative estimate of drug-likeness (QED) is 0.762. The van der Waals surface area contributed by atoms with Crippen molar-refractivity contribution < 1.29 is 9.53 Å². The lowest BCUT2D eigenvalue weighted by Gasteiger charge is -2.21. The number of carbonyl (C=O) groups is 1. The smallest absolute Gasteiger partial charge is 0.254 e. The number of anilines is 1. The van der Waals surface area contributed by atoms with Gasteiger partial charge in [-0.1, -0.05) is 6.92 Å². The number of nitrogen functional groups attached to an aromatic ring is 1. The Bertz CT molecular complexity index is 421. The van der Waals surface area contributed by atoms with Crippen molar-refractivity contribution in [3.63, 3.8) is 0 Å². The maximum atomic E-state index is 12.4. The van der Waals surface area contributed by atoms with E-state index >= 15 is 0 Å². The Morgan fingerprint density at radius 1 is 1.37 bits per heavy atom. The standard InChI is InChI=1S/C14H23N3O2/c1-4-12-9-11(10-13(15)16-12)14(18)17(5-2)7-8-19-6-3/h9-10H,4-8H2,1-3H3,(H2,15,16). The van der Waals surface area contributed by atoms with Gasteiger partial charge in [-0.25, -0.2) is 4.98 Å². The van der Waals surface area contributed by atoms with E-state index in [4.69, 9.17) is 10.5 Å². The number of amides is 1. The summed E-state index contributed by atoms with van der Waals surface area (Å²) >= 11 is 0. The van der Waals surface area contributed by atoms with E-state index in [1.165, 1.54) is 0 Å². The predicted octanol–water partition coefficient (Wildman–Crippen LogP) is 1.72. The van der Waals surface area contributed by atoms with E-state index < -0.39 is 0 Å². The number of ether oxygens (including phenoxy) is 1.